The monoisotopic (exact) mass is 461 g/mol. The Morgan fingerprint density at radius 2 is 1.69 bits per heavy atom. The first-order valence-electron chi connectivity index (χ1n) is 10.1. The highest BCUT2D eigenvalue weighted by atomic mass is 35.5. The van der Waals surface area contributed by atoms with E-state index in [2.05, 4.69) is 15.6 Å². The fourth-order valence-corrected chi connectivity index (χ4v) is 3.54. The van der Waals surface area contributed by atoms with Gasteiger partial charge in [0.2, 0.25) is 5.91 Å². The largest absolute Gasteiger partial charge is 0.416 e. The second-order valence-corrected chi connectivity index (χ2v) is 7.71. The predicted molar refractivity (Wildman–Crippen MR) is 118 cm³/mol. The van der Waals surface area contributed by atoms with E-state index in [1.165, 1.54) is 12.1 Å². The van der Waals surface area contributed by atoms with Gasteiger partial charge in [0.25, 0.3) is 0 Å². The number of halogens is 4. The average molecular weight is 462 g/mol. The molecule has 1 heterocycles. The van der Waals surface area contributed by atoms with Crippen molar-refractivity contribution in [2.45, 2.75) is 31.1 Å². The maximum absolute atomic E-state index is 12.8. The van der Waals surface area contributed by atoms with Crippen LogP contribution in [0.4, 0.5) is 13.2 Å². The van der Waals surface area contributed by atoms with Gasteiger partial charge in [0.05, 0.1) is 5.56 Å². The summed E-state index contributed by atoms with van der Waals surface area (Å²) in [6.45, 7) is 0. The van der Waals surface area contributed by atoms with Gasteiger partial charge in [-0.1, -0.05) is 60.1 Å². The van der Waals surface area contributed by atoms with Gasteiger partial charge in [-0.3, -0.25) is 10.1 Å². The summed E-state index contributed by atoms with van der Waals surface area (Å²) in [7, 11) is 1.57. The van der Waals surface area contributed by atoms with Gasteiger partial charge in [-0.15, -0.1) is 0 Å². The molecule has 0 bridgehead atoms. The molecule has 0 aliphatic heterocycles. The van der Waals surface area contributed by atoms with Crippen molar-refractivity contribution in [3.8, 4) is 0 Å². The average Bonchev–Trinajstić information content (AvgIpc) is 2.80. The molecule has 3 rings (SSSR count). The lowest BCUT2D eigenvalue weighted by Crippen LogP contribution is -2.38. The Morgan fingerprint density at radius 1 is 1.00 bits per heavy atom. The van der Waals surface area contributed by atoms with Crippen molar-refractivity contribution in [1.29, 1.82) is 0 Å². The van der Waals surface area contributed by atoms with Gasteiger partial charge in [0, 0.05) is 19.3 Å². The Bertz CT molecular complexity index is 1010. The van der Waals surface area contributed by atoms with Crippen LogP contribution in [0.1, 0.15) is 40.8 Å². The first-order valence-corrected chi connectivity index (χ1v) is 10.5. The number of carbonyl (C=O) groups is 1. The fraction of sp³-hybridized carbons (Fsp3) is 0.250. The molecule has 0 aliphatic rings. The molecule has 0 fully saturated rings. The summed E-state index contributed by atoms with van der Waals surface area (Å²) >= 11 is 5.93. The summed E-state index contributed by atoms with van der Waals surface area (Å²) in [5.41, 5.74) is 1.71. The van der Waals surface area contributed by atoms with Crippen LogP contribution in [0.3, 0.4) is 0 Å². The van der Waals surface area contributed by atoms with Gasteiger partial charge in [-0.2, -0.15) is 13.2 Å². The smallest absolute Gasteiger partial charge is 0.358 e. The number of likely N-dealkylation sites (N-methyl/N-ethyl adjacent to an activating group) is 1. The van der Waals surface area contributed by atoms with E-state index in [-0.39, 0.29) is 11.9 Å². The molecule has 0 aliphatic carbocycles. The fourth-order valence-electron chi connectivity index (χ4n) is 3.43. The maximum Gasteiger partial charge on any atom is 0.416 e. The number of hydrogen-bond donors (Lipinski definition) is 2. The molecule has 168 valence electrons. The van der Waals surface area contributed by atoms with E-state index in [9.17, 15) is 18.0 Å². The molecule has 0 unspecified atom stereocenters. The van der Waals surface area contributed by atoms with Crippen LogP contribution in [0.15, 0.2) is 72.9 Å². The van der Waals surface area contributed by atoms with Crippen molar-refractivity contribution in [1.82, 2.24) is 15.6 Å². The molecule has 2 N–H and O–H groups in total. The second kappa shape index (κ2) is 10.6. The minimum atomic E-state index is -4.37. The maximum atomic E-state index is 12.8. The minimum absolute atomic E-state index is 0.197. The number of pyridine rings is 1. The number of benzene rings is 2. The number of rotatable bonds is 8. The van der Waals surface area contributed by atoms with Crippen molar-refractivity contribution in [3.05, 3.63) is 100 Å². The Kier molecular flexibility index (Phi) is 7.88. The lowest BCUT2D eigenvalue weighted by molar-refractivity contribution is -0.137. The molecule has 1 amide bonds. The molecular weight excluding hydrogens is 439 g/mol. The van der Waals surface area contributed by atoms with Gasteiger partial charge in [0.1, 0.15) is 11.2 Å². The molecule has 0 saturated heterocycles. The Morgan fingerprint density at radius 3 is 2.25 bits per heavy atom. The van der Waals surface area contributed by atoms with E-state index in [0.717, 1.165) is 28.8 Å². The SMILES string of the molecule is CNC(=O)[C@H](N[C@H](CCc1ccc(C(F)(F)F)cc1)c1ccc(Cl)nc1)c1ccccc1. The Hall–Kier alpha value is -2.90. The van der Waals surface area contributed by atoms with Crippen LogP contribution in [0.25, 0.3) is 0 Å². The lowest BCUT2D eigenvalue weighted by Gasteiger charge is -2.26. The third kappa shape index (κ3) is 6.31. The third-order valence-electron chi connectivity index (χ3n) is 5.16. The van der Waals surface area contributed by atoms with Crippen LogP contribution in [0, 0.1) is 0 Å². The molecule has 0 radical (unpaired) electrons. The molecule has 32 heavy (non-hydrogen) atoms. The van der Waals surface area contributed by atoms with Crippen molar-refractivity contribution in [2.75, 3.05) is 7.05 Å². The molecule has 8 heteroatoms. The lowest BCUT2D eigenvalue weighted by atomic mass is 9.97. The third-order valence-corrected chi connectivity index (χ3v) is 5.39. The van der Waals surface area contributed by atoms with Gasteiger partial charge in [-0.05, 0) is 47.7 Å². The number of aromatic nitrogens is 1. The molecule has 2 atom stereocenters. The summed E-state index contributed by atoms with van der Waals surface area (Å²) in [5.74, 6) is -0.197. The summed E-state index contributed by atoms with van der Waals surface area (Å²) in [6, 6.07) is 17.0. The number of nitrogens with one attached hydrogen (secondary N) is 2. The standard InChI is InChI=1S/C24H23ClF3N3O/c1-29-23(32)22(17-5-3-2-4-6-17)31-20(18-10-14-21(25)30-15-18)13-9-16-7-11-19(12-8-16)24(26,27)28/h2-8,10-12,14-15,20,22,31H,9,13H2,1H3,(H,29,32)/t20-,22-/m1/s1. The normalized spacial score (nSPS) is 13.4. The highest BCUT2D eigenvalue weighted by molar-refractivity contribution is 6.29. The first-order chi connectivity index (χ1) is 15.3. The molecule has 2 aromatic carbocycles. The number of alkyl halides is 3. The minimum Gasteiger partial charge on any atom is -0.358 e. The van der Waals surface area contributed by atoms with Crippen molar-refractivity contribution < 1.29 is 18.0 Å². The van der Waals surface area contributed by atoms with Crippen LogP contribution in [0.5, 0.6) is 0 Å². The number of hydrogen-bond acceptors (Lipinski definition) is 3. The molecule has 4 nitrogen and oxygen atoms in total. The van der Waals surface area contributed by atoms with Gasteiger partial charge in [0.15, 0.2) is 0 Å². The second-order valence-electron chi connectivity index (χ2n) is 7.32. The summed E-state index contributed by atoms with van der Waals surface area (Å²) in [6.07, 6.45) is -1.69. The molecule has 1 aromatic heterocycles. The zero-order valence-electron chi connectivity index (χ0n) is 17.4. The topological polar surface area (TPSA) is 54.0 Å². The summed E-state index contributed by atoms with van der Waals surface area (Å²) in [5, 5.41) is 6.41. The van der Waals surface area contributed by atoms with E-state index >= 15 is 0 Å². The van der Waals surface area contributed by atoms with E-state index in [1.807, 2.05) is 36.4 Å². The molecule has 0 spiro atoms. The number of carbonyl (C=O) groups excluding carboxylic acids is 1. The summed E-state index contributed by atoms with van der Waals surface area (Å²) < 4.78 is 38.5. The van der Waals surface area contributed by atoms with E-state index in [1.54, 1.807) is 19.3 Å². The van der Waals surface area contributed by atoms with Crippen LogP contribution in [0.2, 0.25) is 5.15 Å². The van der Waals surface area contributed by atoms with Crippen LogP contribution < -0.4 is 10.6 Å². The zero-order chi connectivity index (χ0) is 23.1. The predicted octanol–water partition coefficient (Wildman–Crippen LogP) is 5.50. The first kappa shape index (κ1) is 23.8. The Balaban J connectivity index is 1.83. The highest BCUT2D eigenvalue weighted by Gasteiger charge is 2.30. The highest BCUT2D eigenvalue weighted by Crippen LogP contribution is 2.30. The number of amides is 1. The van der Waals surface area contributed by atoms with Crippen LogP contribution in [-0.4, -0.2) is 17.9 Å². The molecule has 3 aromatic rings. The van der Waals surface area contributed by atoms with E-state index in [0.29, 0.717) is 18.0 Å². The zero-order valence-corrected chi connectivity index (χ0v) is 18.1. The number of aryl methyl sites for hydroxylation is 1. The van der Waals surface area contributed by atoms with Gasteiger partial charge < -0.3 is 5.32 Å². The summed E-state index contributed by atoms with van der Waals surface area (Å²) in [4.78, 5) is 16.8. The van der Waals surface area contributed by atoms with Crippen molar-refractivity contribution >= 4 is 17.5 Å². The van der Waals surface area contributed by atoms with Crippen molar-refractivity contribution in [3.63, 3.8) is 0 Å². The van der Waals surface area contributed by atoms with Crippen LogP contribution in [-0.2, 0) is 17.4 Å². The van der Waals surface area contributed by atoms with E-state index < -0.39 is 17.8 Å². The Labute approximate surface area is 189 Å². The number of nitrogens with zero attached hydrogens (tertiary/aromatic N) is 1. The molecule has 0 saturated carbocycles. The quantitative estimate of drug-likeness (QED) is 0.435. The molecular formula is C24H23ClF3N3O. The van der Waals surface area contributed by atoms with E-state index in [4.69, 9.17) is 11.6 Å². The van der Waals surface area contributed by atoms with Crippen LogP contribution >= 0.6 is 11.6 Å². The van der Waals surface area contributed by atoms with Gasteiger partial charge >= 0.3 is 6.18 Å². The van der Waals surface area contributed by atoms with Gasteiger partial charge in [-0.25, -0.2) is 4.98 Å². The van der Waals surface area contributed by atoms with Crippen molar-refractivity contribution in [2.24, 2.45) is 0 Å².